The highest BCUT2D eigenvalue weighted by molar-refractivity contribution is 5.79. The number of fused-ring (bicyclic) bond motifs is 1. The normalized spacial score (nSPS) is 15.6. The second kappa shape index (κ2) is 9.64. The number of aliphatic hydroxyl groups is 1. The third-order valence-corrected chi connectivity index (χ3v) is 5.92. The fraction of sp³-hybridized carbons (Fsp3) is 0.478. The molecule has 1 saturated heterocycles. The summed E-state index contributed by atoms with van der Waals surface area (Å²) in [5.41, 5.74) is 4.06. The molecular formula is C23H32N6O2. The summed E-state index contributed by atoms with van der Waals surface area (Å²) in [6.45, 7) is 8.67. The molecule has 0 aliphatic carbocycles. The standard InChI is InChI=1S/C23H32N6O2/c1-17-4-7-22(31)20(25-17)15-29-21-14-18(16-30)5-6-19(21)26-23(29)24-8-3-9-28-12-10-27(2)11-13-28/h4-7,14,30-31H,3,8-13,15-16H2,1-2H3,(H,24,26). The number of aliphatic hydroxyl groups excluding tert-OH is 1. The third kappa shape index (κ3) is 5.15. The van der Waals surface area contributed by atoms with Gasteiger partial charge in [0.2, 0.25) is 5.95 Å². The first kappa shape index (κ1) is 21.5. The summed E-state index contributed by atoms with van der Waals surface area (Å²) in [5.74, 6) is 0.929. The molecule has 166 valence electrons. The predicted octanol–water partition coefficient (Wildman–Crippen LogP) is 2.04. The number of piperazine rings is 1. The molecule has 0 unspecified atom stereocenters. The Balaban J connectivity index is 1.51. The van der Waals surface area contributed by atoms with E-state index in [-0.39, 0.29) is 12.4 Å². The maximum absolute atomic E-state index is 10.3. The number of nitrogens with one attached hydrogen (secondary N) is 1. The summed E-state index contributed by atoms with van der Waals surface area (Å²) in [6, 6.07) is 9.24. The number of rotatable bonds is 8. The number of likely N-dealkylation sites (N-methyl/N-ethyl adjacent to an activating group) is 1. The SMILES string of the molecule is Cc1ccc(O)c(Cn2c(NCCCN3CCN(C)CC3)nc3ccc(CO)cc32)n1. The quantitative estimate of drug-likeness (QED) is 0.477. The molecule has 8 heteroatoms. The lowest BCUT2D eigenvalue weighted by Crippen LogP contribution is -2.44. The largest absolute Gasteiger partial charge is 0.506 e. The van der Waals surface area contributed by atoms with E-state index in [1.807, 2.05) is 29.7 Å². The maximum atomic E-state index is 10.3. The van der Waals surface area contributed by atoms with Gasteiger partial charge in [-0.2, -0.15) is 0 Å². The van der Waals surface area contributed by atoms with E-state index in [0.717, 1.165) is 73.9 Å². The van der Waals surface area contributed by atoms with E-state index in [9.17, 15) is 10.2 Å². The molecule has 0 radical (unpaired) electrons. The average Bonchev–Trinajstić information content (AvgIpc) is 3.11. The van der Waals surface area contributed by atoms with E-state index in [1.54, 1.807) is 12.1 Å². The van der Waals surface area contributed by atoms with Gasteiger partial charge in [0.1, 0.15) is 11.4 Å². The van der Waals surface area contributed by atoms with Crippen molar-refractivity contribution in [3.05, 3.63) is 47.3 Å². The number of hydrogen-bond acceptors (Lipinski definition) is 7. The molecule has 0 atom stereocenters. The molecule has 1 fully saturated rings. The lowest BCUT2D eigenvalue weighted by atomic mass is 10.2. The Labute approximate surface area is 183 Å². The van der Waals surface area contributed by atoms with Crippen LogP contribution in [0.4, 0.5) is 5.95 Å². The van der Waals surface area contributed by atoms with Crippen molar-refractivity contribution in [1.29, 1.82) is 0 Å². The number of hydrogen-bond donors (Lipinski definition) is 3. The van der Waals surface area contributed by atoms with E-state index in [4.69, 9.17) is 4.98 Å². The van der Waals surface area contributed by atoms with Gasteiger partial charge in [0, 0.05) is 38.4 Å². The van der Waals surface area contributed by atoms with E-state index in [1.165, 1.54) is 0 Å². The smallest absolute Gasteiger partial charge is 0.204 e. The zero-order valence-corrected chi connectivity index (χ0v) is 18.4. The van der Waals surface area contributed by atoms with Crippen molar-refractivity contribution in [2.75, 3.05) is 51.6 Å². The number of anilines is 1. The Morgan fingerprint density at radius 3 is 2.65 bits per heavy atom. The van der Waals surface area contributed by atoms with Crippen LogP contribution in [0.3, 0.4) is 0 Å². The van der Waals surface area contributed by atoms with Crippen LogP contribution in [-0.4, -0.2) is 80.9 Å². The summed E-state index contributed by atoms with van der Waals surface area (Å²) in [5, 5.41) is 23.4. The Hall–Kier alpha value is -2.68. The van der Waals surface area contributed by atoms with Crippen molar-refractivity contribution in [1.82, 2.24) is 24.3 Å². The van der Waals surface area contributed by atoms with E-state index in [0.29, 0.717) is 12.2 Å². The van der Waals surface area contributed by atoms with Crippen LogP contribution in [0, 0.1) is 6.92 Å². The molecule has 0 saturated carbocycles. The van der Waals surface area contributed by atoms with Crippen LogP contribution in [-0.2, 0) is 13.2 Å². The molecule has 1 aliphatic heterocycles. The number of aromatic hydroxyl groups is 1. The fourth-order valence-corrected chi connectivity index (χ4v) is 4.01. The van der Waals surface area contributed by atoms with Crippen molar-refractivity contribution < 1.29 is 10.2 Å². The molecule has 3 heterocycles. The predicted molar refractivity (Wildman–Crippen MR) is 122 cm³/mol. The summed E-state index contributed by atoms with van der Waals surface area (Å²) in [7, 11) is 2.17. The minimum Gasteiger partial charge on any atom is -0.506 e. The average molecular weight is 425 g/mol. The summed E-state index contributed by atoms with van der Waals surface area (Å²) in [4.78, 5) is 14.2. The first-order valence-electron chi connectivity index (χ1n) is 10.9. The van der Waals surface area contributed by atoms with E-state index in [2.05, 4.69) is 27.1 Å². The molecule has 2 aromatic heterocycles. The molecular weight excluding hydrogens is 392 g/mol. The van der Waals surface area contributed by atoms with Crippen molar-refractivity contribution >= 4 is 17.0 Å². The van der Waals surface area contributed by atoms with Gasteiger partial charge in [-0.05, 0) is 56.8 Å². The van der Waals surface area contributed by atoms with Gasteiger partial charge in [-0.25, -0.2) is 4.98 Å². The van der Waals surface area contributed by atoms with Crippen LogP contribution in [0.2, 0.25) is 0 Å². The zero-order valence-electron chi connectivity index (χ0n) is 18.4. The van der Waals surface area contributed by atoms with Crippen molar-refractivity contribution in [3.63, 3.8) is 0 Å². The lowest BCUT2D eigenvalue weighted by Gasteiger charge is -2.32. The number of nitrogens with zero attached hydrogens (tertiary/aromatic N) is 5. The Kier molecular flexibility index (Phi) is 6.70. The maximum Gasteiger partial charge on any atom is 0.204 e. The van der Waals surface area contributed by atoms with Crippen LogP contribution in [0.25, 0.3) is 11.0 Å². The van der Waals surface area contributed by atoms with Gasteiger partial charge in [0.05, 0.1) is 24.2 Å². The molecule has 4 rings (SSSR count). The molecule has 0 spiro atoms. The van der Waals surface area contributed by atoms with Crippen molar-refractivity contribution in [2.24, 2.45) is 0 Å². The summed E-state index contributed by atoms with van der Waals surface area (Å²) < 4.78 is 2.03. The van der Waals surface area contributed by atoms with Crippen LogP contribution < -0.4 is 5.32 Å². The molecule has 0 amide bonds. The van der Waals surface area contributed by atoms with Crippen molar-refractivity contribution in [3.8, 4) is 5.75 Å². The van der Waals surface area contributed by atoms with Crippen LogP contribution >= 0.6 is 0 Å². The summed E-state index contributed by atoms with van der Waals surface area (Å²) in [6.07, 6.45) is 1.03. The molecule has 1 aromatic carbocycles. The molecule has 1 aliphatic rings. The fourth-order valence-electron chi connectivity index (χ4n) is 4.01. The van der Waals surface area contributed by atoms with Crippen LogP contribution in [0.15, 0.2) is 30.3 Å². The number of aryl methyl sites for hydroxylation is 1. The topological polar surface area (TPSA) is 89.7 Å². The summed E-state index contributed by atoms with van der Waals surface area (Å²) >= 11 is 0. The van der Waals surface area contributed by atoms with Gasteiger partial charge in [0.25, 0.3) is 0 Å². The van der Waals surface area contributed by atoms with E-state index >= 15 is 0 Å². The van der Waals surface area contributed by atoms with Crippen molar-refractivity contribution in [2.45, 2.75) is 26.5 Å². The van der Waals surface area contributed by atoms with Gasteiger partial charge in [0.15, 0.2) is 0 Å². The minimum absolute atomic E-state index is 0.0250. The van der Waals surface area contributed by atoms with Gasteiger partial charge >= 0.3 is 0 Å². The minimum atomic E-state index is -0.0250. The molecule has 8 nitrogen and oxygen atoms in total. The molecule has 0 bridgehead atoms. The highest BCUT2D eigenvalue weighted by Crippen LogP contribution is 2.25. The van der Waals surface area contributed by atoms with Gasteiger partial charge in [-0.1, -0.05) is 6.07 Å². The van der Waals surface area contributed by atoms with Crippen LogP contribution in [0.1, 0.15) is 23.4 Å². The number of aromatic nitrogens is 3. The van der Waals surface area contributed by atoms with Crippen LogP contribution in [0.5, 0.6) is 5.75 Å². The first-order chi connectivity index (χ1) is 15.0. The lowest BCUT2D eigenvalue weighted by molar-refractivity contribution is 0.154. The highest BCUT2D eigenvalue weighted by Gasteiger charge is 2.16. The molecule has 3 N–H and O–H groups in total. The van der Waals surface area contributed by atoms with Gasteiger partial charge in [-0.3, -0.25) is 4.98 Å². The highest BCUT2D eigenvalue weighted by atomic mass is 16.3. The second-order valence-electron chi connectivity index (χ2n) is 8.35. The Morgan fingerprint density at radius 1 is 1.06 bits per heavy atom. The second-order valence-corrected chi connectivity index (χ2v) is 8.35. The number of pyridine rings is 1. The first-order valence-corrected chi connectivity index (χ1v) is 10.9. The molecule has 31 heavy (non-hydrogen) atoms. The molecule has 3 aromatic rings. The Bertz CT molecular complexity index is 1030. The van der Waals surface area contributed by atoms with E-state index < -0.39 is 0 Å². The number of imidazole rings is 1. The zero-order chi connectivity index (χ0) is 21.8. The third-order valence-electron chi connectivity index (χ3n) is 5.92. The Morgan fingerprint density at radius 2 is 1.87 bits per heavy atom. The number of benzene rings is 1. The van der Waals surface area contributed by atoms with Gasteiger partial charge in [-0.15, -0.1) is 0 Å². The van der Waals surface area contributed by atoms with Gasteiger partial charge < -0.3 is 29.9 Å². The monoisotopic (exact) mass is 424 g/mol.